The molecule has 0 atom stereocenters. The largest absolute Gasteiger partial charge is 0.326 e. The lowest BCUT2D eigenvalue weighted by Gasteiger charge is -2.05. The van der Waals surface area contributed by atoms with E-state index < -0.39 is 0 Å². The van der Waals surface area contributed by atoms with Crippen molar-refractivity contribution in [1.29, 1.82) is 0 Å². The highest BCUT2D eigenvalue weighted by Crippen LogP contribution is 2.14. The lowest BCUT2D eigenvalue weighted by Crippen LogP contribution is -2.12. The number of benzene rings is 1. The standard InChI is InChI=1S/C11H10N4O2S/c1-7(16)13-8-2-4-9(5-3-8)14-11(17)10-6-12-18-15-10/h2-6H,1H3,(H,13,16)(H,14,17). The summed E-state index contributed by atoms with van der Waals surface area (Å²) >= 11 is 0.979. The third-order valence-electron chi connectivity index (χ3n) is 2.06. The second-order valence-electron chi connectivity index (χ2n) is 3.51. The minimum Gasteiger partial charge on any atom is -0.326 e. The number of anilines is 2. The number of aromatic nitrogens is 2. The van der Waals surface area contributed by atoms with Crippen LogP contribution in [-0.2, 0) is 4.79 Å². The van der Waals surface area contributed by atoms with Gasteiger partial charge < -0.3 is 10.6 Å². The number of rotatable bonds is 3. The Morgan fingerprint density at radius 2 is 1.72 bits per heavy atom. The number of carbonyl (C=O) groups excluding carboxylic acids is 2. The third-order valence-corrected chi connectivity index (χ3v) is 2.54. The predicted molar refractivity (Wildman–Crippen MR) is 68.6 cm³/mol. The van der Waals surface area contributed by atoms with Gasteiger partial charge in [-0.05, 0) is 24.3 Å². The number of nitrogens with one attached hydrogen (secondary N) is 2. The molecule has 7 heteroatoms. The minimum atomic E-state index is -0.309. The quantitative estimate of drug-likeness (QED) is 0.882. The average molecular weight is 262 g/mol. The Kier molecular flexibility index (Phi) is 3.63. The monoisotopic (exact) mass is 262 g/mol. The van der Waals surface area contributed by atoms with Gasteiger partial charge >= 0.3 is 0 Å². The molecule has 2 N–H and O–H groups in total. The predicted octanol–water partition coefficient (Wildman–Crippen LogP) is 1.75. The van der Waals surface area contributed by atoms with Crippen LogP contribution in [0.3, 0.4) is 0 Å². The zero-order valence-electron chi connectivity index (χ0n) is 9.51. The Balaban J connectivity index is 2.02. The SMILES string of the molecule is CC(=O)Nc1ccc(NC(=O)c2cnsn2)cc1. The van der Waals surface area contributed by atoms with Crippen LogP contribution in [0, 0.1) is 0 Å². The number of hydrogen-bond donors (Lipinski definition) is 2. The number of amides is 2. The van der Waals surface area contributed by atoms with Crippen LogP contribution in [0.5, 0.6) is 0 Å². The van der Waals surface area contributed by atoms with Crippen LogP contribution < -0.4 is 10.6 Å². The molecule has 1 aromatic carbocycles. The Bertz CT molecular complexity index is 551. The summed E-state index contributed by atoms with van der Waals surface area (Å²) in [5.74, 6) is -0.448. The summed E-state index contributed by atoms with van der Waals surface area (Å²) in [6, 6.07) is 6.80. The van der Waals surface area contributed by atoms with Crippen LogP contribution in [0.1, 0.15) is 17.4 Å². The lowest BCUT2D eigenvalue weighted by atomic mass is 10.2. The fourth-order valence-electron chi connectivity index (χ4n) is 1.30. The molecule has 0 aliphatic heterocycles. The molecule has 0 saturated carbocycles. The number of hydrogen-bond acceptors (Lipinski definition) is 5. The molecule has 2 aromatic rings. The second-order valence-corrected chi connectivity index (χ2v) is 4.06. The van der Waals surface area contributed by atoms with Crippen molar-refractivity contribution in [2.45, 2.75) is 6.92 Å². The van der Waals surface area contributed by atoms with Gasteiger partial charge in [-0.15, -0.1) is 0 Å². The summed E-state index contributed by atoms with van der Waals surface area (Å²) in [5, 5.41) is 5.32. The first-order chi connectivity index (χ1) is 8.65. The van der Waals surface area contributed by atoms with E-state index in [1.54, 1.807) is 24.3 Å². The van der Waals surface area contributed by atoms with Crippen LogP contribution in [0.15, 0.2) is 30.5 Å². The van der Waals surface area contributed by atoms with Crippen molar-refractivity contribution in [2.75, 3.05) is 10.6 Å². The first kappa shape index (κ1) is 12.2. The van der Waals surface area contributed by atoms with E-state index in [-0.39, 0.29) is 17.5 Å². The highest BCUT2D eigenvalue weighted by Gasteiger charge is 2.08. The van der Waals surface area contributed by atoms with E-state index in [0.717, 1.165) is 11.7 Å². The van der Waals surface area contributed by atoms with Gasteiger partial charge in [0.05, 0.1) is 17.9 Å². The highest BCUT2D eigenvalue weighted by atomic mass is 32.1. The Labute approximate surface area is 107 Å². The molecule has 6 nitrogen and oxygen atoms in total. The summed E-state index contributed by atoms with van der Waals surface area (Å²) < 4.78 is 7.58. The Morgan fingerprint density at radius 1 is 1.11 bits per heavy atom. The average Bonchev–Trinajstić information content (AvgIpc) is 2.84. The van der Waals surface area contributed by atoms with Gasteiger partial charge in [-0.3, -0.25) is 9.59 Å². The number of carbonyl (C=O) groups is 2. The minimum absolute atomic E-state index is 0.139. The van der Waals surface area contributed by atoms with Gasteiger partial charge in [0.15, 0.2) is 5.69 Å². The molecule has 18 heavy (non-hydrogen) atoms. The number of nitrogens with zero attached hydrogens (tertiary/aromatic N) is 2. The van der Waals surface area contributed by atoms with Crippen molar-refractivity contribution in [3.8, 4) is 0 Å². The normalized spacial score (nSPS) is 9.83. The summed E-state index contributed by atoms with van der Waals surface area (Å²) in [4.78, 5) is 22.5. The first-order valence-electron chi connectivity index (χ1n) is 5.12. The van der Waals surface area contributed by atoms with Crippen molar-refractivity contribution in [3.63, 3.8) is 0 Å². The van der Waals surface area contributed by atoms with Gasteiger partial charge in [-0.1, -0.05) is 0 Å². The molecule has 1 heterocycles. The third kappa shape index (κ3) is 3.11. The smallest absolute Gasteiger partial charge is 0.277 e. The summed E-state index contributed by atoms with van der Waals surface area (Å²) in [5.41, 5.74) is 1.59. The van der Waals surface area contributed by atoms with Crippen LogP contribution in [0.2, 0.25) is 0 Å². The lowest BCUT2D eigenvalue weighted by molar-refractivity contribution is -0.114. The zero-order chi connectivity index (χ0) is 13.0. The molecule has 92 valence electrons. The molecule has 0 unspecified atom stereocenters. The van der Waals surface area contributed by atoms with Gasteiger partial charge in [0.2, 0.25) is 5.91 Å². The van der Waals surface area contributed by atoms with Crippen molar-refractivity contribution in [2.24, 2.45) is 0 Å². The van der Waals surface area contributed by atoms with E-state index in [2.05, 4.69) is 19.4 Å². The first-order valence-corrected chi connectivity index (χ1v) is 5.85. The van der Waals surface area contributed by atoms with Crippen molar-refractivity contribution in [3.05, 3.63) is 36.2 Å². The molecule has 2 amide bonds. The Hall–Kier alpha value is -2.28. The van der Waals surface area contributed by atoms with E-state index in [9.17, 15) is 9.59 Å². The van der Waals surface area contributed by atoms with Crippen molar-refractivity contribution >= 4 is 34.9 Å². The molecule has 0 aliphatic carbocycles. The summed E-state index contributed by atoms with van der Waals surface area (Å²) in [6.45, 7) is 1.44. The second kappa shape index (κ2) is 5.37. The van der Waals surface area contributed by atoms with Crippen LogP contribution >= 0.6 is 11.7 Å². The maximum atomic E-state index is 11.7. The molecule has 0 aliphatic rings. The maximum Gasteiger partial charge on any atom is 0.277 e. The summed E-state index contributed by atoms with van der Waals surface area (Å²) in [7, 11) is 0. The van der Waals surface area contributed by atoms with Gasteiger partial charge in [-0.25, -0.2) is 0 Å². The molecule has 1 aromatic heterocycles. The van der Waals surface area contributed by atoms with E-state index in [0.29, 0.717) is 11.4 Å². The molecule has 0 saturated heterocycles. The van der Waals surface area contributed by atoms with Crippen molar-refractivity contribution in [1.82, 2.24) is 8.75 Å². The van der Waals surface area contributed by atoms with Crippen LogP contribution in [0.25, 0.3) is 0 Å². The molecular formula is C11H10N4O2S. The fraction of sp³-hybridized carbons (Fsp3) is 0.0909. The Morgan fingerprint density at radius 3 is 2.22 bits per heavy atom. The van der Waals surface area contributed by atoms with E-state index in [1.165, 1.54) is 13.1 Å². The molecule has 0 fully saturated rings. The van der Waals surface area contributed by atoms with Crippen LogP contribution in [-0.4, -0.2) is 20.6 Å². The molecular weight excluding hydrogens is 252 g/mol. The van der Waals surface area contributed by atoms with Crippen molar-refractivity contribution < 1.29 is 9.59 Å². The van der Waals surface area contributed by atoms with E-state index >= 15 is 0 Å². The molecule has 0 radical (unpaired) electrons. The summed E-state index contributed by atoms with van der Waals surface area (Å²) in [6.07, 6.45) is 1.41. The van der Waals surface area contributed by atoms with E-state index in [4.69, 9.17) is 0 Å². The topological polar surface area (TPSA) is 84.0 Å². The van der Waals surface area contributed by atoms with Crippen LogP contribution in [0.4, 0.5) is 11.4 Å². The highest BCUT2D eigenvalue weighted by molar-refractivity contribution is 6.99. The van der Waals surface area contributed by atoms with Gasteiger partial charge in [-0.2, -0.15) is 8.75 Å². The maximum absolute atomic E-state index is 11.7. The van der Waals surface area contributed by atoms with Gasteiger partial charge in [0.25, 0.3) is 5.91 Å². The zero-order valence-corrected chi connectivity index (χ0v) is 10.3. The molecule has 2 rings (SSSR count). The van der Waals surface area contributed by atoms with Gasteiger partial charge in [0, 0.05) is 18.3 Å². The molecule has 0 spiro atoms. The van der Waals surface area contributed by atoms with E-state index in [1.807, 2.05) is 0 Å². The van der Waals surface area contributed by atoms with Gasteiger partial charge in [0.1, 0.15) is 0 Å². The molecule has 0 bridgehead atoms. The fourth-order valence-corrected chi connectivity index (χ4v) is 1.71.